The molecule has 0 amide bonds. The molecule has 3 nitrogen and oxygen atoms in total. The number of hydrogen-bond acceptors (Lipinski definition) is 3. The van der Waals surface area contributed by atoms with Crippen LogP contribution in [0, 0.1) is 23.0 Å². The average molecular weight is 358 g/mol. The van der Waals surface area contributed by atoms with Gasteiger partial charge in [-0.05, 0) is 24.3 Å². The molecule has 0 saturated carbocycles. The molecule has 0 aliphatic heterocycles. The van der Waals surface area contributed by atoms with Gasteiger partial charge < -0.3 is 10.2 Å². The highest BCUT2D eigenvalue weighted by atomic mass is 35.5. The van der Waals surface area contributed by atoms with Crippen LogP contribution in [0.3, 0.4) is 0 Å². The minimum absolute atomic E-state index is 0.0196. The van der Waals surface area contributed by atoms with Crippen LogP contribution in [0.2, 0.25) is 5.02 Å². The predicted octanol–water partition coefficient (Wildman–Crippen LogP) is 5.24. The van der Waals surface area contributed by atoms with Gasteiger partial charge in [-0.1, -0.05) is 35.9 Å². The van der Waals surface area contributed by atoms with E-state index >= 15 is 0 Å². The van der Waals surface area contributed by atoms with Crippen LogP contribution in [0.25, 0.3) is 22.3 Å². The molecule has 0 spiro atoms. The first-order valence-corrected chi connectivity index (χ1v) is 7.51. The molecule has 0 unspecified atom stereocenters. The highest BCUT2D eigenvalue weighted by Gasteiger charge is 2.20. The van der Waals surface area contributed by atoms with Crippen LogP contribution in [0.1, 0.15) is 5.56 Å². The fourth-order valence-corrected chi connectivity index (χ4v) is 2.70. The molecule has 0 radical (unpaired) electrons. The van der Waals surface area contributed by atoms with Crippen LogP contribution in [-0.4, -0.2) is 10.2 Å². The lowest BCUT2D eigenvalue weighted by Crippen LogP contribution is -1.95. The van der Waals surface area contributed by atoms with Crippen molar-refractivity contribution >= 4 is 11.6 Å². The molecule has 0 heterocycles. The summed E-state index contributed by atoms with van der Waals surface area (Å²) in [7, 11) is 0. The van der Waals surface area contributed by atoms with Crippen LogP contribution in [0.4, 0.5) is 8.78 Å². The Morgan fingerprint density at radius 2 is 1.44 bits per heavy atom. The first kappa shape index (κ1) is 16.7. The Morgan fingerprint density at radius 3 is 2.04 bits per heavy atom. The minimum atomic E-state index is -1.18. The average Bonchev–Trinajstić information content (AvgIpc) is 2.60. The van der Waals surface area contributed by atoms with E-state index in [-0.39, 0.29) is 44.3 Å². The molecular weight excluding hydrogens is 348 g/mol. The van der Waals surface area contributed by atoms with E-state index in [0.29, 0.717) is 0 Å². The van der Waals surface area contributed by atoms with Gasteiger partial charge in [-0.25, -0.2) is 8.78 Å². The summed E-state index contributed by atoms with van der Waals surface area (Å²) in [5.74, 6) is -3.05. The zero-order valence-corrected chi connectivity index (χ0v) is 13.4. The summed E-state index contributed by atoms with van der Waals surface area (Å²) in [6.07, 6.45) is 0. The number of halogens is 3. The fourth-order valence-electron chi connectivity index (χ4n) is 2.53. The van der Waals surface area contributed by atoms with Crippen molar-refractivity contribution in [1.82, 2.24) is 0 Å². The van der Waals surface area contributed by atoms with Crippen molar-refractivity contribution in [3.63, 3.8) is 0 Å². The van der Waals surface area contributed by atoms with Gasteiger partial charge in [0.15, 0.2) is 11.6 Å². The van der Waals surface area contributed by atoms with Crippen molar-refractivity contribution in [2.45, 2.75) is 0 Å². The Labute approximate surface area is 147 Å². The second kappa shape index (κ2) is 6.42. The lowest BCUT2D eigenvalue weighted by atomic mass is 9.97. The maximum absolute atomic E-state index is 14.6. The smallest absolute Gasteiger partial charge is 0.167 e. The lowest BCUT2D eigenvalue weighted by molar-refractivity contribution is 0.473. The highest BCUT2D eigenvalue weighted by Crippen LogP contribution is 2.40. The van der Waals surface area contributed by atoms with Gasteiger partial charge in [-0.3, -0.25) is 0 Å². The zero-order valence-electron chi connectivity index (χ0n) is 12.6. The molecule has 124 valence electrons. The van der Waals surface area contributed by atoms with E-state index in [1.54, 1.807) is 0 Å². The summed E-state index contributed by atoms with van der Waals surface area (Å²) < 4.78 is 29.1. The van der Waals surface area contributed by atoms with Gasteiger partial charge in [0.1, 0.15) is 11.5 Å². The first-order valence-electron chi connectivity index (χ1n) is 7.13. The largest absolute Gasteiger partial charge is 0.507 e. The molecule has 25 heavy (non-hydrogen) atoms. The molecule has 0 bridgehead atoms. The third-order valence-electron chi connectivity index (χ3n) is 3.78. The summed E-state index contributed by atoms with van der Waals surface area (Å²) in [5.41, 5.74) is -0.0153. The molecule has 0 fully saturated rings. The van der Waals surface area contributed by atoms with E-state index < -0.39 is 11.6 Å². The molecule has 6 heteroatoms. The van der Waals surface area contributed by atoms with Crippen LogP contribution < -0.4 is 0 Å². The summed E-state index contributed by atoms with van der Waals surface area (Å²) in [4.78, 5) is 0. The fraction of sp³-hybridized carbons (Fsp3) is 0. The van der Waals surface area contributed by atoms with Crippen LogP contribution in [0.15, 0.2) is 48.5 Å². The molecule has 3 aromatic carbocycles. The summed E-state index contributed by atoms with van der Waals surface area (Å²) in [6, 6.07) is 12.7. The van der Waals surface area contributed by atoms with Crippen molar-refractivity contribution in [2.24, 2.45) is 0 Å². The maximum Gasteiger partial charge on any atom is 0.167 e. The molecule has 0 aromatic heterocycles. The number of aromatic hydroxyl groups is 2. The van der Waals surface area contributed by atoms with Gasteiger partial charge in [-0.15, -0.1) is 0 Å². The van der Waals surface area contributed by atoms with Gasteiger partial charge in [-0.2, -0.15) is 5.26 Å². The Balaban J connectivity index is 2.17. The quantitative estimate of drug-likeness (QED) is 0.659. The van der Waals surface area contributed by atoms with Gasteiger partial charge in [0.05, 0.1) is 16.7 Å². The third-order valence-corrected chi connectivity index (χ3v) is 4.08. The van der Waals surface area contributed by atoms with Crippen LogP contribution in [-0.2, 0) is 0 Å². The molecule has 0 atom stereocenters. The van der Waals surface area contributed by atoms with Gasteiger partial charge in [0, 0.05) is 22.3 Å². The standard InChI is InChI=1S/C19H10ClF2NO2/c20-15-3-1-2-14(19(15)25)13-7-6-12(17(21)18(13)22)11-5-4-10(9-23)8-16(11)24/h1-8,24-25H. The molecular formula is C19H10ClF2NO2. The topological polar surface area (TPSA) is 64.2 Å². The first-order chi connectivity index (χ1) is 11.9. The molecule has 0 aliphatic rings. The Kier molecular flexibility index (Phi) is 4.30. The van der Waals surface area contributed by atoms with E-state index in [9.17, 15) is 19.0 Å². The van der Waals surface area contributed by atoms with Gasteiger partial charge >= 0.3 is 0 Å². The normalized spacial score (nSPS) is 10.5. The van der Waals surface area contributed by atoms with Crippen LogP contribution in [0.5, 0.6) is 11.5 Å². The number of para-hydroxylation sites is 1. The van der Waals surface area contributed by atoms with E-state index in [0.717, 1.165) is 0 Å². The monoisotopic (exact) mass is 357 g/mol. The Morgan fingerprint density at radius 1 is 0.840 bits per heavy atom. The number of phenols is 2. The molecule has 3 aromatic rings. The second-order valence-corrected chi connectivity index (χ2v) is 5.68. The number of benzene rings is 3. The highest BCUT2D eigenvalue weighted by molar-refractivity contribution is 6.32. The van der Waals surface area contributed by atoms with Gasteiger partial charge in [0.2, 0.25) is 0 Å². The maximum atomic E-state index is 14.6. The zero-order chi connectivity index (χ0) is 18.1. The van der Waals surface area contributed by atoms with E-state index in [4.69, 9.17) is 16.9 Å². The number of nitrogens with zero attached hydrogens (tertiary/aromatic N) is 1. The summed E-state index contributed by atoms with van der Waals surface area (Å²) in [5, 5.41) is 28.7. The van der Waals surface area contributed by atoms with Crippen molar-refractivity contribution in [3.05, 3.63) is 70.8 Å². The second-order valence-electron chi connectivity index (χ2n) is 5.27. The Hall–Kier alpha value is -3.10. The third kappa shape index (κ3) is 2.88. The number of nitriles is 1. The molecule has 0 saturated heterocycles. The van der Waals surface area contributed by atoms with Crippen molar-refractivity contribution in [1.29, 1.82) is 5.26 Å². The van der Waals surface area contributed by atoms with Crippen molar-refractivity contribution in [3.8, 4) is 39.8 Å². The number of hydrogen-bond donors (Lipinski definition) is 2. The van der Waals surface area contributed by atoms with Crippen molar-refractivity contribution < 1.29 is 19.0 Å². The van der Waals surface area contributed by atoms with Crippen molar-refractivity contribution in [2.75, 3.05) is 0 Å². The number of rotatable bonds is 2. The SMILES string of the molecule is N#Cc1ccc(-c2ccc(-c3cccc(Cl)c3O)c(F)c2F)c(O)c1. The van der Waals surface area contributed by atoms with E-state index in [1.165, 1.54) is 48.5 Å². The lowest BCUT2D eigenvalue weighted by Gasteiger charge is -2.12. The van der Waals surface area contributed by atoms with Gasteiger partial charge in [0.25, 0.3) is 0 Å². The van der Waals surface area contributed by atoms with E-state index in [1.807, 2.05) is 6.07 Å². The molecule has 0 aliphatic carbocycles. The van der Waals surface area contributed by atoms with E-state index in [2.05, 4.69) is 0 Å². The molecule has 3 rings (SSSR count). The predicted molar refractivity (Wildman–Crippen MR) is 90.3 cm³/mol. The molecule has 2 N–H and O–H groups in total. The summed E-state index contributed by atoms with van der Waals surface area (Å²) in [6.45, 7) is 0. The Bertz CT molecular complexity index is 1030. The minimum Gasteiger partial charge on any atom is -0.507 e. The van der Waals surface area contributed by atoms with Crippen LogP contribution >= 0.6 is 11.6 Å². The summed E-state index contributed by atoms with van der Waals surface area (Å²) >= 11 is 5.81. The number of phenolic OH excluding ortho intramolecular Hbond substituents is 2.